The van der Waals surface area contributed by atoms with Crippen LogP contribution in [0.15, 0.2) is 6.33 Å². The van der Waals surface area contributed by atoms with E-state index in [-0.39, 0.29) is 6.10 Å². The standard InChI is InChI=1S/C16H28N4O/c1-13-3-6-19(7-4-13)9-14(21)10-20-8-5-16-15(11-20)17-12-18(16)2/h12-14,21H,3-11H2,1-2H3/t14-/m1/s1. The fourth-order valence-corrected chi connectivity index (χ4v) is 3.57. The van der Waals surface area contributed by atoms with Crippen molar-refractivity contribution in [1.29, 1.82) is 0 Å². The average Bonchev–Trinajstić information content (AvgIpc) is 2.82. The van der Waals surface area contributed by atoms with Crippen LogP contribution in [-0.4, -0.2) is 63.3 Å². The van der Waals surface area contributed by atoms with E-state index in [2.05, 4.69) is 33.3 Å². The van der Waals surface area contributed by atoms with Gasteiger partial charge in [-0.1, -0.05) is 6.92 Å². The van der Waals surface area contributed by atoms with Crippen LogP contribution in [0.1, 0.15) is 31.2 Å². The van der Waals surface area contributed by atoms with Gasteiger partial charge in [0.2, 0.25) is 0 Å². The number of aryl methyl sites for hydroxylation is 1. The van der Waals surface area contributed by atoms with Crippen LogP contribution in [-0.2, 0) is 20.0 Å². The highest BCUT2D eigenvalue weighted by molar-refractivity contribution is 5.16. The molecule has 0 bridgehead atoms. The van der Waals surface area contributed by atoms with Crippen molar-refractivity contribution >= 4 is 0 Å². The number of β-amino-alcohol motifs (C(OH)–C–C–N with tert-alkyl or cyclic N) is 1. The Balaban J connectivity index is 1.46. The summed E-state index contributed by atoms with van der Waals surface area (Å²) in [7, 11) is 2.06. The second kappa shape index (κ2) is 6.46. The molecule has 2 aliphatic rings. The van der Waals surface area contributed by atoms with Gasteiger partial charge < -0.3 is 14.6 Å². The summed E-state index contributed by atoms with van der Waals surface area (Å²) in [5.41, 5.74) is 2.54. The largest absolute Gasteiger partial charge is 0.390 e. The Morgan fingerprint density at radius 2 is 1.95 bits per heavy atom. The molecule has 1 aromatic heterocycles. The second-order valence-corrected chi connectivity index (χ2v) is 6.87. The van der Waals surface area contributed by atoms with Crippen molar-refractivity contribution in [2.75, 3.05) is 32.7 Å². The third kappa shape index (κ3) is 3.65. The lowest BCUT2D eigenvalue weighted by atomic mass is 9.99. The van der Waals surface area contributed by atoms with Gasteiger partial charge in [0, 0.05) is 45.3 Å². The molecule has 0 aromatic carbocycles. The SMILES string of the molecule is CC1CCN(C[C@@H](O)CN2CCc3c(ncn3C)C2)CC1. The van der Waals surface area contributed by atoms with Gasteiger partial charge in [0.05, 0.1) is 18.1 Å². The number of hydrogen-bond acceptors (Lipinski definition) is 4. The van der Waals surface area contributed by atoms with E-state index in [1.807, 2.05) is 6.33 Å². The lowest BCUT2D eigenvalue weighted by molar-refractivity contribution is 0.0570. The van der Waals surface area contributed by atoms with Gasteiger partial charge in [-0.2, -0.15) is 0 Å². The topological polar surface area (TPSA) is 44.5 Å². The average molecular weight is 292 g/mol. The smallest absolute Gasteiger partial charge is 0.0949 e. The first-order valence-electron chi connectivity index (χ1n) is 8.23. The number of piperidine rings is 1. The van der Waals surface area contributed by atoms with Gasteiger partial charge in [-0.05, 0) is 31.8 Å². The van der Waals surface area contributed by atoms with Crippen molar-refractivity contribution in [1.82, 2.24) is 19.4 Å². The highest BCUT2D eigenvalue weighted by Crippen LogP contribution is 2.18. The van der Waals surface area contributed by atoms with E-state index in [1.165, 1.54) is 24.2 Å². The van der Waals surface area contributed by atoms with Gasteiger partial charge in [-0.15, -0.1) is 0 Å². The molecule has 118 valence electrons. The van der Waals surface area contributed by atoms with Crippen molar-refractivity contribution in [2.24, 2.45) is 13.0 Å². The first kappa shape index (κ1) is 15.0. The van der Waals surface area contributed by atoms with E-state index in [0.29, 0.717) is 0 Å². The molecule has 0 radical (unpaired) electrons. The monoisotopic (exact) mass is 292 g/mol. The summed E-state index contributed by atoms with van der Waals surface area (Å²) in [6, 6.07) is 0. The van der Waals surface area contributed by atoms with Crippen LogP contribution in [0.5, 0.6) is 0 Å². The molecule has 5 nitrogen and oxygen atoms in total. The molecule has 3 rings (SSSR count). The second-order valence-electron chi connectivity index (χ2n) is 6.87. The summed E-state index contributed by atoms with van der Waals surface area (Å²) in [5.74, 6) is 0.850. The number of hydrogen-bond donors (Lipinski definition) is 1. The number of fused-ring (bicyclic) bond motifs is 1. The fourth-order valence-electron chi connectivity index (χ4n) is 3.57. The van der Waals surface area contributed by atoms with Gasteiger partial charge in [-0.3, -0.25) is 4.90 Å². The van der Waals surface area contributed by atoms with E-state index >= 15 is 0 Å². The molecule has 1 atom stereocenters. The van der Waals surface area contributed by atoms with Crippen LogP contribution in [0.2, 0.25) is 0 Å². The fraction of sp³-hybridized carbons (Fsp3) is 0.812. The molecule has 0 amide bonds. The number of aliphatic hydroxyl groups is 1. The molecule has 2 aliphatic heterocycles. The molecule has 3 heterocycles. The van der Waals surface area contributed by atoms with Crippen LogP contribution < -0.4 is 0 Å². The van der Waals surface area contributed by atoms with E-state index in [1.54, 1.807) is 0 Å². The Hall–Kier alpha value is -0.910. The Morgan fingerprint density at radius 3 is 2.71 bits per heavy atom. The molecule has 0 aliphatic carbocycles. The highest BCUT2D eigenvalue weighted by atomic mass is 16.3. The van der Waals surface area contributed by atoms with Crippen LogP contribution in [0, 0.1) is 5.92 Å². The molecule has 1 saturated heterocycles. The van der Waals surface area contributed by atoms with E-state index < -0.39 is 0 Å². The minimum absolute atomic E-state index is 0.247. The number of aliphatic hydroxyl groups excluding tert-OH is 1. The van der Waals surface area contributed by atoms with Crippen LogP contribution >= 0.6 is 0 Å². The minimum Gasteiger partial charge on any atom is -0.390 e. The molecule has 1 N–H and O–H groups in total. The van der Waals surface area contributed by atoms with E-state index in [0.717, 1.165) is 51.6 Å². The molecule has 0 spiro atoms. The van der Waals surface area contributed by atoms with Crippen molar-refractivity contribution in [3.8, 4) is 0 Å². The first-order valence-corrected chi connectivity index (χ1v) is 8.23. The van der Waals surface area contributed by atoms with Gasteiger partial charge in [0.1, 0.15) is 0 Å². The third-order valence-electron chi connectivity index (χ3n) is 5.00. The summed E-state index contributed by atoms with van der Waals surface area (Å²) in [6.45, 7) is 8.10. The molecular formula is C16H28N4O. The van der Waals surface area contributed by atoms with Crippen LogP contribution in [0.4, 0.5) is 0 Å². The molecule has 21 heavy (non-hydrogen) atoms. The molecule has 0 unspecified atom stereocenters. The van der Waals surface area contributed by atoms with E-state index in [4.69, 9.17) is 0 Å². The highest BCUT2D eigenvalue weighted by Gasteiger charge is 2.23. The van der Waals surface area contributed by atoms with Crippen molar-refractivity contribution in [3.05, 3.63) is 17.7 Å². The predicted molar refractivity (Wildman–Crippen MR) is 83.0 cm³/mol. The van der Waals surface area contributed by atoms with Crippen LogP contribution in [0.3, 0.4) is 0 Å². The zero-order valence-corrected chi connectivity index (χ0v) is 13.3. The quantitative estimate of drug-likeness (QED) is 0.894. The number of nitrogens with zero attached hydrogens (tertiary/aromatic N) is 4. The molecule has 5 heteroatoms. The molecular weight excluding hydrogens is 264 g/mol. The zero-order chi connectivity index (χ0) is 14.8. The summed E-state index contributed by atoms with van der Waals surface area (Å²) in [6.07, 6.45) is 5.24. The zero-order valence-electron chi connectivity index (χ0n) is 13.3. The lowest BCUT2D eigenvalue weighted by Crippen LogP contribution is -2.44. The van der Waals surface area contributed by atoms with Crippen molar-refractivity contribution in [3.63, 3.8) is 0 Å². The summed E-state index contributed by atoms with van der Waals surface area (Å²) in [4.78, 5) is 9.22. The minimum atomic E-state index is -0.247. The van der Waals surface area contributed by atoms with Gasteiger partial charge in [0.25, 0.3) is 0 Å². The maximum Gasteiger partial charge on any atom is 0.0949 e. The third-order valence-corrected chi connectivity index (χ3v) is 5.00. The summed E-state index contributed by atoms with van der Waals surface area (Å²) in [5, 5.41) is 10.4. The maximum atomic E-state index is 10.4. The van der Waals surface area contributed by atoms with Gasteiger partial charge in [-0.25, -0.2) is 4.98 Å². The Labute approximate surface area is 127 Å². The number of aromatic nitrogens is 2. The van der Waals surface area contributed by atoms with Crippen molar-refractivity contribution < 1.29 is 5.11 Å². The summed E-state index contributed by atoms with van der Waals surface area (Å²) < 4.78 is 2.12. The van der Waals surface area contributed by atoms with E-state index in [9.17, 15) is 5.11 Å². The van der Waals surface area contributed by atoms with Crippen molar-refractivity contribution in [2.45, 2.75) is 38.8 Å². The number of rotatable bonds is 4. The molecule has 1 fully saturated rings. The molecule has 0 saturated carbocycles. The van der Waals surface area contributed by atoms with Gasteiger partial charge >= 0.3 is 0 Å². The maximum absolute atomic E-state index is 10.4. The lowest BCUT2D eigenvalue weighted by Gasteiger charge is -2.34. The number of imidazole rings is 1. The molecule has 1 aromatic rings. The Bertz CT molecular complexity index is 465. The number of likely N-dealkylation sites (tertiary alicyclic amines) is 1. The van der Waals surface area contributed by atoms with Crippen LogP contribution in [0.25, 0.3) is 0 Å². The normalized spacial score (nSPS) is 23.2. The predicted octanol–water partition coefficient (Wildman–Crippen LogP) is 0.871. The van der Waals surface area contributed by atoms with Gasteiger partial charge in [0.15, 0.2) is 0 Å². The Kier molecular flexibility index (Phi) is 4.62. The Morgan fingerprint density at radius 1 is 1.24 bits per heavy atom. The first-order chi connectivity index (χ1) is 10.1. The summed E-state index contributed by atoms with van der Waals surface area (Å²) >= 11 is 0.